The molecule has 0 spiro atoms. The maximum absolute atomic E-state index is 12.1. The van der Waals surface area contributed by atoms with Crippen molar-refractivity contribution in [3.05, 3.63) is 71.3 Å². The van der Waals surface area contributed by atoms with Gasteiger partial charge in [-0.2, -0.15) is 0 Å². The minimum Gasteiger partial charge on any atom is -0.352 e. The lowest BCUT2D eigenvalue weighted by Crippen LogP contribution is -2.36. The van der Waals surface area contributed by atoms with Gasteiger partial charge in [0.2, 0.25) is 5.91 Å². The number of thioether (sulfide) groups is 1. The molecule has 0 atom stereocenters. The van der Waals surface area contributed by atoms with Gasteiger partial charge in [-0.25, -0.2) is 0 Å². The van der Waals surface area contributed by atoms with E-state index in [1.165, 1.54) is 22.9 Å². The first-order chi connectivity index (χ1) is 10.7. The highest BCUT2D eigenvalue weighted by Gasteiger charge is 2.22. The fourth-order valence-electron chi connectivity index (χ4n) is 2.72. The normalized spacial score (nSPS) is 13.6. The molecule has 1 N–H and O–H groups in total. The number of amides is 1. The molecule has 0 heterocycles. The van der Waals surface area contributed by atoms with Crippen LogP contribution in [0.3, 0.4) is 0 Å². The SMILES string of the molecule is O=C(CSC(=S)c1ccccc1)NC1Cc2ccccc2C1. The predicted molar refractivity (Wildman–Crippen MR) is 96.4 cm³/mol. The van der Waals surface area contributed by atoms with E-state index in [1.807, 2.05) is 30.3 Å². The van der Waals surface area contributed by atoms with Crippen LogP contribution in [0.2, 0.25) is 0 Å². The summed E-state index contributed by atoms with van der Waals surface area (Å²) >= 11 is 6.79. The summed E-state index contributed by atoms with van der Waals surface area (Å²) in [6.07, 6.45) is 1.85. The smallest absolute Gasteiger partial charge is 0.230 e. The zero-order valence-electron chi connectivity index (χ0n) is 12.1. The second-order valence-corrected chi connectivity index (χ2v) is 7.04. The van der Waals surface area contributed by atoms with E-state index in [0.29, 0.717) is 5.75 Å². The summed E-state index contributed by atoms with van der Waals surface area (Å²) in [5, 5.41) is 3.11. The van der Waals surface area contributed by atoms with Gasteiger partial charge in [-0.05, 0) is 29.5 Å². The van der Waals surface area contributed by atoms with Crippen LogP contribution < -0.4 is 5.32 Å². The summed E-state index contributed by atoms with van der Waals surface area (Å²) in [4.78, 5) is 12.1. The minimum atomic E-state index is 0.0566. The molecule has 1 aliphatic carbocycles. The molecule has 1 amide bonds. The van der Waals surface area contributed by atoms with Gasteiger partial charge in [0, 0.05) is 6.04 Å². The first kappa shape index (κ1) is 15.3. The Kier molecular flexibility index (Phi) is 4.90. The number of carbonyl (C=O) groups excluding carboxylic acids is 1. The molecule has 0 fully saturated rings. The van der Waals surface area contributed by atoms with Crippen LogP contribution in [0.4, 0.5) is 0 Å². The third-order valence-electron chi connectivity index (χ3n) is 3.76. The van der Waals surface area contributed by atoms with Gasteiger partial charge in [0.15, 0.2) is 0 Å². The summed E-state index contributed by atoms with van der Waals surface area (Å²) in [5.74, 6) is 0.432. The van der Waals surface area contributed by atoms with Crippen molar-refractivity contribution in [2.45, 2.75) is 18.9 Å². The lowest BCUT2D eigenvalue weighted by Gasteiger charge is -2.12. The topological polar surface area (TPSA) is 29.1 Å². The van der Waals surface area contributed by atoms with Gasteiger partial charge < -0.3 is 5.32 Å². The minimum absolute atomic E-state index is 0.0566. The number of rotatable bonds is 4. The van der Waals surface area contributed by atoms with Crippen LogP contribution in [0.25, 0.3) is 0 Å². The Balaban J connectivity index is 1.47. The fourth-order valence-corrected chi connectivity index (χ4v) is 3.68. The van der Waals surface area contributed by atoms with Crippen molar-refractivity contribution in [1.82, 2.24) is 5.32 Å². The molecule has 2 nitrogen and oxygen atoms in total. The van der Waals surface area contributed by atoms with Gasteiger partial charge in [0.05, 0.1) is 9.95 Å². The van der Waals surface area contributed by atoms with Crippen LogP contribution in [-0.2, 0) is 17.6 Å². The molecule has 0 bridgehead atoms. The van der Waals surface area contributed by atoms with Crippen molar-refractivity contribution < 1.29 is 4.79 Å². The first-order valence-electron chi connectivity index (χ1n) is 7.30. The molecule has 3 rings (SSSR count). The Hall–Kier alpha value is -1.65. The van der Waals surface area contributed by atoms with Crippen LogP contribution in [0.5, 0.6) is 0 Å². The van der Waals surface area contributed by atoms with Crippen molar-refractivity contribution in [2.75, 3.05) is 5.75 Å². The maximum Gasteiger partial charge on any atom is 0.230 e. The molecule has 0 aromatic heterocycles. The van der Waals surface area contributed by atoms with Crippen LogP contribution in [0.1, 0.15) is 16.7 Å². The average molecular weight is 327 g/mol. The van der Waals surface area contributed by atoms with E-state index in [4.69, 9.17) is 12.2 Å². The zero-order valence-corrected chi connectivity index (χ0v) is 13.8. The number of nitrogens with one attached hydrogen (secondary N) is 1. The Bertz CT molecular complexity index is 659. The predicted octanol–water partition coefficient (Wildman–Crippen LogP) is 3.38. The van der Waals surface area contributed by atoms with E-state index in [-0.39, 0.29) is 11.9 Å². The number of benzene rings is 2. The van der Waals surface area contributed by atoms with Gasteiger partial charge in [0.1, 0.15) is 0 Å². The van der Waals surface area contributed by atoms with Crippen molar-refractivity contribution in [2.24, 2.45) is 0 Å². The van der Waals surface area contributed by atoms with E-state index in [0.717, 1.165) is 22.6 Å². The first-order valence-corrected chi connectivity index (χ1v) is 8.70. The molecule has 0 saturated heterocycles. The van der Waals surface area contributed by atoms with Crippen LogP contribution >= 0.6 is 24.0 Å². The van der Waals surface area contributed by atoms with Gasteiger partial charge in [0.25, 0.3) is 0 Å². The largest absolute Gasteiger partial charge is 0.352 e. The number of thiocarbonyl (C=S) groups is 1. The molecule has 0 radical (unpaired) electrons. The molecule has 22 heavy (non-hydrogen) atoms. The van der Waals surface area contributed by atoms with Gasteiger partial charge in [-0.15, -0.1) is 11.8 Å². The quantitative estimate of drug-likeness (QED) is 0.873. The zero-order chi connectivity index (χ0) is 15.4. The second kappa shape index (κ2) is 7.07. The Morgan fingerprint density at radius 2 is 1.64 bits per heavy atom. The molecule has 0 unspecified atom stereocenters. The van der Waals surface area contributed by atoms with E-state index < -0.39 is 0 Å². The maximum atomic E-state index is 12.1. The summed E-state index contributed by atoms with van der Waals surface area (Å²) in [6, 6.07) is 18.4. The lowest BCUT2D eigenvalue weighted by atomic mass is 10.1. The molecule has 112 valence electrons. The Labute approximate surface area is 140 Å². The number of hydrogen-bond donors (Lipinski definition) is 1. The molecule has 1 aliphatic rings. The highest BCUT2D eigenvalue weighted by Crippen LogP contribution is 2.22. The van der Waals surface area contributed by atoms with E-state index in [2.05, 4.69) is 29.6 Å². The summed E-state index contributed by atoms with van der Waals surface area (Å²) in [6.45, 7) is 0. The number of carbonyl (C=O) groups is 1. The fraction of sp³-hybridized carbons (Fsp3) is 0.222. The number of hydrogen-bond acceptors (Lipinski definition) is 3. The monoisotopic (exact) mass is 327 g/mol. The molecule has 0 aliphatic heterocycles. The highest BCUT2D eigenvalue weighted by atomic mass is 32.2. The van der Waals surface area contributed by atoms with E-state index in [1.54, 1.807) is 0 Å². The third-order valence-corrected chi connectivity index (χ3v) is 5.25. The molecular formula is C18H17NOS2. The van der Waals surface area contributed by atoms with Crippen LogP contribution in [-0.4, -0.2) is 21.9 Å². The average Bonchev–Trinajstić information content (AvgIpc) is 2.95. The molecule has 0 saturated carbocycles. The molecule has 4 heteroatoms. The van der Waals surface area contributed by atoms with Crippen molar-refractivity contribution in [3.8, 4) is 0 Å². The van der Waals surface area contributed by atoms with Crippen molar-refractivity contribution in [3.63, 3.8) is 0 Å². The van der Waals surface area contributed by atoms with Gasteiger partial charge >= 0.3 is 0 Å². The standard InChI is InChI=1S/C18H17NOS2/c20-17(12-22-18(21)13-6-2-1-3-7-13)19-16-10-14-8-4-5-9-15(14)11-16/h1-9,16H,10-12H2,(H,19,20). The molecular weight excluding hydrogens is 310 g/mol. The summed E-state index contributed by atoms with van der Waals surface area (Å²) in [7, 11) is 0. The van der Waals surface area contributed by atoms with Gasteiger partial charge in [-0.3, -0.25) is 4.79 Å². The highest BCUT2D eigenvalue weighted by molar-refractivity contribution is 8.24. The molecule has 2 aromatic rings. The number of fused-ring (bicyclic) bond motifs is 1. The van der Waals surface area contributed by atoms with E-state index >= 15 is 0 Å². The third kappa shape index (κ3) is 3.76. The van der Waals surface area contributed by atoms with Crippen LogP contribution in [0, 0.1) is 0 Å². The van der Waals surface area contributed by atoms with Crippen molar-refractivity contribution in [1.29, 1.82) is 0 Å². The van der Waals surface area contributed by atoms with Crippen LogP contribution in [0.15, 0.2) is 54.6 Å². The van der Waals surface area contributed by atoms with Gasteiger partial charge in [-0.1, -0.05) is 66.8 Å². The second-order valence-electron chi connectivity index (χ2n) is 5.38. The van der Waals surface area contributed by atoms with Crippen molar-refractivity contribution >= 4 is 34.1 Å². The lowest BCUT2D eigenvalue weighted by molar-refractivity contribution is -0.119. The summed E-state index contributed by atoms with van der Waals surface area (Å²) < 4.78 is 0.769. The Morgan fingerprint density at radius 3 is 2.27 bits per heavy atom. The Morgan fingerprint density at radius 1 is 1.05 bits per heavy atom. The summed E-state index contributed by atoms with van der Waals surface area (Å²) in [5.41, 5.74) is 3.70. The van der Waals surface area contributed by atoms with E-state index in [9.17, 15) is 4.79 Å². The molecule has 2 aromatic carbocycles.